The van der Waals surface area contributed by atoms with Crippen molar-refractivity contribution in [1.82, 2.24) is 4.57 Å². The summed E-state index contributed by atoms with van der Waals surface area (Å²) in [5, 5.41) is 0. The van der Waals surface area contributed by atoms with E-state index >= 15 is 0 Å². The molecule has 4 rings (SSSR count). The Kier molecular flexibility index (Phi) is 7.24. The fourth-order valence-corrected chi connectivity index (χ4v) is 5.48. The predicted molar refractivity (Wildman–Crippen MR) is 139 cm³/mol. The van der Waals surface area contributed by atoms with Crippen LogP contribution in [0.5, 0.6) is 0 Å². The van der Waals surface area contributed by atoms with E-state index < -0.39 is 12.0 Å². The van der Waals surface area contributed by atoms with Gasteiger partial charge < -0.3 is 4.74 Å². The van der Waals surface area contributed by atoms with E-state index in [1.807, 2.05) is 48.7 Å². The van der Waals surface area contributed by atoms with Gasteiger partial charge in [0.15, 0.2) is 4.80 Å². The molecule has 0 fully saturated rings. The number of carbonyl (C=O) groups excluding carboxylic acids is 1. The van der Waals surface area contributed by atoms with E-state index in [-0.39, 0.29) is 12.2 Å². The van der Waals surface area contributed by atoms with Crippen LogP contribution in [0.1, 0.15) is 56.3 Å². The number of esters is 1. The maximum Gasteiger partial charge on any atom is 0.338 e. The van der Waals surface area contributed by atoms with Crippen molar-refractivity contribution in [2.75, 3.05) is 12.9 Å². The second-order valence-electron chi connectivity index (χ2n) is 8.40. The highest BCUT2D eigenvalue weighted by atomic mass is 32.2. The molecule has 1 atom stereocenters. The Hall–Kier alpha value is -2.90. The monoisotopic (exact) mass is 492 g/mol. The average molecular weight is 493 g/mol. The van der Waals surface area contributed by atoms with Crippen LogP contribution in [0.4, 0.5) is 0 Å². The fraction of sp³-hybridized carbons (Fsp3) is 0.296. The second kappa shape index (κ2) is 10.2. The van der Waals surface area contributed by atoms with E-state index in [2.05, 4.69) is 31.0 Å². The summed E-state index contributed by atoms with van der Waals surface area (Å²) < 4.78 is 7.57. The molecule has 0 spiro atoms. The molecule has 0 amide bonds. The van der Waals surface area contributed by atoms with Crippen LogP contribution in [0.2, 0.25) is 0 Å². The number of hydrogen-bond acceptors (Lipinski definition) is 6. The van der Waals surface area contributed by atoms with Crippen molar-refractivity contribution in [3.63, 3.8) is 0 Å². The smallest absolute Gasteiger partial charge is 0.338 e. The van der Waals surface area contributed by atoms with Gasteiger partial charge in [0.1, 0.15) is 0 Å². The minimum atomic E-state index is -0.586. The van der Waals surface area contributed by atoms with Gasteiger partial charge in [-0.05, 0) is 60.9 Å². The molecule has 34 heavy (non-hydrogen) atoms. The van der Waals surface area contributed by atoms with Gasteiger partial charge in [0.2, 0.25) is 0 Å². The van der Waals surface area contributed by atoms with E-state index in [1.165, 1.54) is 16.9 Å². The van der Waals surface area contributed by atoms with Crippen LogP contribution in [0.15, 0.2) is 74.5 Å². The van der Waals surface area contributed by atoms with Crippen molar-refractivity contribution < 1.29 is 9.53 Å². The standard InChI is InChI=1S/C27H28N2O3S2/c1-6-32-26(31)23-17(4)28-27-29(24(23)20-11-13-21(33-5)14-12-20)25(30)22(34-27)15-18-7-9-19(10-8-18)16(2)3/h7-16,24H,6H2,1-5H3. The molecule has 0 aliphatic carbocycles. The first-order chi connectivity index (χ1) is 16.3. The van der Waals surface area contributed by atoms with Crippen molar-refractivity contribution in [3.05, 3.63) is 96.2 Å². The third-order valence-electron chi connectivity index (χ3n) is 5.85. The fourth-order valence-electron chi connectivity index (χ4n) is 4.02. The number of thiazole rings is 1. The van der Waals surface area contributed by atoms with Gasteiger partial charge in [-0.25, -0.2) is 9.79 Å². The van der Waals surface area contributed by atoms with Crippen LogP contribution in [-0.2, 0) is 9.53 Å². The Morgan fingerprint density at radius 3 is 2.44 bits per heavy atom. The zero-order valence-electron chi connectivity index (χ0n) is 20.0. The quantitative estimate of drug-likeness (QED) is 0.371. The highest BCUT2D eigenvalue weighted by Crippen LogP contribution is 2.31. The SMILES string of the molecule is CCOC(=O)C1=C(C)N=c2sc(=Cc3ccc(C(C)C)cc3)c(=O)n2C1c1ccc(SC)cc1. The number of aromatic nitrogens is 1. The number of ether oxygens (including phenoxy) is 1. The Morgan fingerprint density at radius 2 is 1.85 bits per heavy atom. The van der Waals surface area contributed by atoms with Crippen LogP contribution in [0.3, 0.4) is 0 Å². The summed E-state index contributed by atoms with van der Waals surface area (Å²) in [6.45, 7) is 8.14. The molecule has 0 saturated carbocycles. The minimum absolute atomic E-state index is 0.162. The van der Waals surface area contributed by atoms with Gasteiger partial charge in [-0.2, -0.15) is 0 Å². The third-order valence-corrected chi connectivity index (χ3v) is 7.58. The molecule has 1 unspecified atom stereocenters. The first-order valence-electron chi connectivity index (χ1n) is 11.3. The zero-order valence-corrected chi connectivity index (χ0v) is 21.6. The molecule has 0 radical (unpaired) electrons. The number of benzene rings is 2. The van der Waals surface area contributed by atoms with Crippen molar-refractivity contribution >= 4 is 35.1 Å². The Morgan fingerprint density at radius 1 is 1.18 bits per heavy atom. The molecule has 1 aliphatic rings. The molecule has 7 heteroatoms. The van der Waals surface area contributed by atoms with Crippen LogP contribution >= 0.6 is 23.1 Å². The molecule has 1 aliphatic heterocycles. The first-order valence-corrected chi connectivity index (χ1v) is 13.3. The molecule has 3 aromatic rings. The van der Waals surface area contributed by atoms with Gasteiger partial charge in [0, 0.05) is 4.90 Å². The normalized spacial score (nSPS) is 15.9. The Bertz CT molecular complexity index is 1410. The molecule has 0 saturated heterocycles. The summed E-state index contributed by atoms with van der Waals surface area (Å²) >= 11 is 2.99. The average Bonchev–Trinajstić information content (AvgIpc) is 3.13. The first kappa shape index (κ1) is 24.2. The molecule has 2 aromatic carbocycles. The van der Waals surface area contributed by atoms with E-state index in [9.17, 15) is 9.59 Å². The molecule has 5 nitrogen and oxygen atoms in total. The van der Waals surface area contributed by atoms with Gasteiger partial charge in [-0.3, -0.25) is 9.36 Å². The lowest BCUT2D eigenvalue weighted by atomic mass is 9.96. The van der Waals surface area contributed by atoms with Gasteiger partial charge in [0.05, 0.1) is 28.5 Å². The van der Waals surface area contributed by atoms with Crippen molar-refractivity contribution in [2.24, 2.45) is 4.99 Å². The maximum absolute atomic E-state index is 13.6. The number of carbonyl (C=O) groups is 1. The molecular weight excluding hydrogens is 464 g/mol. The van der Waals surface area contributed by atoms with Crippen LogP contribution in [0.25, 0.3) is 6.08 Å². The molecule has 0 bridgehead atoms. The Labute approximate surface area is 207 Å². The summed E-state index contributed by atoms with van der Waals surface area (Å²) in [6.07, 6.45) is 3.91. The van der Waals surface area contributed by atoms with Gasteiger partial charge in [-0.15, -0.1) is 11.8 Å². The predicted octanol–water partition coefficient (Wildman–Crippen LogP) is 4.64. The molecular formula is C27H28N2O3S2. The molecule has 2 heterocycles. The van der Waals surface area contributed by atoms with E-state index in [4.69, 9.17) is 4.74 Å². The van der Waals surface area contributed by atoms with Crippen molar-refractivity contribution in [3.8, 4) is 0 Å². The topological polar surface area (TPSA) is 60.7 Å². The van der Waals surface area contributed by atoms with Crippen molar-refractivity contribution in [2.45, 2.75) is 44.6 Å². The van der Waals surface area contributed by atoms with Crippen molar-refractivity contribution in [1.29, 1.82) is 0 Å². The van der Waals surface area contributed by atoms with E-state index in [1.54, 1.807) is 30.2 Å². The lowest BCUT2D eigenvalue weighted by molar-refractivity contribution is -0.139. The molecule has 176 valence electrons. The lowest BCUT2D eigenvalue weighted by Crippen LogP contribution is -2.39. The summed E-state index contributed by atoms with van der Waals surface area (Å²) in [5.41, 5.74) is 3.87. The summed E-state index contributed by atoms with van der Waals surface area (Å²) in [7, 11) is 0. The highest BCUT2D eigenvalue weighted by molar-refractivity contribution is 7.98. The highest BCUT2D eigenvalue weighted by Gasteiger charge is 2.33. The summed E-state index contributed by atoms with van der Waals surface area (Å²) in [4.78, 5) is 32.9. The number of rotatable bonds is 6. The van der Waals surface area contributed by atoms with Gasteiger partial charge >= 0.3 is 5.97 Å². The van der Waals surface area contributed by atoms with Gasteiger partial charge in [-0.1, -0.05) is 61.6 Å². The van der Waals surface area contributed by atoms with Gasteiger partial charge in [0.25, 0.3) is 5.56 Å². The summed E-state index contributed by atoms with van der Waals surface area (Å²) in [5.74, 6) is 0.00220. The van der Waals surface area contributed by atoms with Crippen LogP contribution < -0.4 is 14.9 Å². The number of hydrogen-bond donors (Lipinski definition) is 0. The molecule has 1 aromatic heterocycles. The van der Waals surface area contributed by atoms with E-state index in [0.717, 1.165) is 16.0 Å². The van der Waals surface area contributed by atoms with Crippen LogP contribution in [0, 0.1) is 0 Å². The van der Waals surface area contributed by atoms with Crippen LogP contribution in [-0.4, -0.2) is 23.4 Å². The third kappa shape index (κ3) is 4.68. The zero-order chi connectivity index (χ0) is 24.4. The number of allylic oxidation sites excluding steroid dienone is 1. The number of thioether (sulfide) groups is 1. The number of fused-ring (bicyclic) bond motifs is 1. The maximum atomic E-state index is 13.6. The molecule has 0 N–H and O–H groups in total. The Balaban J connectivity index is 1.89. The summed E-state index contributed by atoms with van der Waals surface area (Å²) in [6, 6.07) is 15.6. The largest absolute Gasteiger partial charge is 0.463 e. The van der Waals surface area contributed by atoms with E-state index in [0.29, 0.717) is 26.5 Å². The second-order valence-corrected chi connectivity index (χ2v) is 10.3. The lowest BCUT2D eigenvalue weighted by Gasteiger charge is -2.24. The minimum Gasteiger partial charge on any atom is -0.463 e. The number of nitrogens with zero attached hydrogens (tertiary/aromatic N) is 2.